The minimum absolute atomic E-state index is 0. The van der Waals surface area contributed by atoms with Crippen LogP contribution in [0.2, 0.25) is 0 Å². The first-order chi connectivity index (χ1) is 4.63. The zero-order valence-corrected chi connectivity index (χ0v) is 14.3. The molecule has 1 aromatic rings. The molecule has 0 N–H and O–H groups in total. The van der Waals surface area contributed by atoms with Gasteiger partial charge in [0, 0.05) is 0 Å². The van der Waals surface area contributed by atoms with E-state index in [9.17, 15) is 0 Å². The summed E-state index contributed by atoms with van der Waals surface area (Å²) in [5.41, 5.74) is 1.34. The van der Waals surface area contributed by atoms with E-state index >= 15 is 0 Å². The second-order valence-corrected chi connectivity index (χ2v) is 26.4. The molecule has 0 fully saturated rings. The van der Waals surface area contributed by atoms with Crippen molar-refractivity contribution in [1.82, 2.24) is 0 Å². The maximum absolute atomic E-state index is 5.27. The van der Waals surface area contributed by atoms with Crippen LogP contribution in [-0.4, -0.2) is 6.94 Å². The van der Waals surface area contributed by atoms with Crippen LogP contribution in [0.15, 0.2) is 24.3 Å². The Labute approximate surface area is 92.7 Å². The number of hydrogen-bond donors (Lipinski definition) is 0. The van der Waals surface area contributed by atoms with Crippen LogP contribution in [0, 0.1) is 21.8 Å². The van der Waals surface area contributed by atoms with E-state index in [2.05, 4.69) is 19.1 Å². The Balaban J connectivity index is -0.000000124. The summed E-state index contributed by atoms with van der Waals surface area (Å²) in [5.74, 6) is 0. The van der Waals surface area contributed by atoms with E-state index in [0.717, 1.165) is 0 Å². The second-order valence-electron chi connectivity index (χ2n) is 1.80. The Bertz CT molecular complexity index is 181. The van der Waals surface area contributed by atoms with Crippen molar-refractivity contribution >= 4 is 24.1 Å². The van der Waals surface area contributed by atoms with Gasteiger partial charge in [0.25, 0.3) is 0 Å². The molecule has 0 aliphatic rings. The number of rotatable bonds is 0. The Kier molecular flexibility index (Phi) is 18.8. The Morgan fingerprint density at radius 1 is 1.42 bits per heavy atom. The third-order valence-electron chi connectivity index (χ3n) is 0.829. The van der Waals surface area contributed by atoms with E-state index in [4.69, 9.17) is 17.2 Å². The Morgan fingerprint density at radius 2 is 1.83 bits per heavy atom. The van der Waals surface area contributed by atoms with Gasteiger partial charge < -0.3 is 14.9 Å². The topological polar surface area (TPSA) is 0 Å². The molecule has 0 aliphatic carbocycles. The monoisotopic (exact) mass is 389 g/mol. The van der Waals surface area contributed by atoms with Crippen molar-refractivity contribution in [2.45, 2.75) is 6.92 Å². The zero-order valence-electron chi connectivity index (χ0n) is 7.77. The van der Waals surface area contributed by atoms with Gasteiger partial charge in [0.2, 0.25) is 0 Å². The van der Waals surface area contributed by atoms with Gasteiger partial charge in [-0.3, -0.25) is 0 Å². The van der Waals surface area contributed by atoms with Crippen LogP contribution in [0.4, 0.5) is 0 Å². The maximum atomic E-state index is 5.27. The van der Waals surface area contributed by atoms with Gasteiger partial charge >= 0.3 is 41.8 Å². The molecule has 0 saturated heterocycles. The van der Waals surface area contributed by atoms with Crippen LogP contribution < -0.4 is 0 Å². The van der Waals surface area contributed by atoms with Crippen LogP contribution in [0.5, 0.6) is 0 Å². The van der Waals surface area contributed by atoms with Gasteiger partial charge in [-0.05, 0) is 0 Å². The van der Waals surface area contributed by atoms with Crippen molar-refractivity contribution in [3.05, 3.63) is 44.7 Å². The summed E-state index contributed by atoms with van der Waals surface area (Å²) in [5, 5.41) is 0. The summed E-state index contributed by atoms with van der Waals surface area (Å²) in [6.45, 7) is 3.83. The molecule has 1 aromatic carbocycles. The van der Waals surface area contributed by atoms with Crippen molar-refractivity contribution in [2.24, 2.45) is 0 Å². The van der Waals surface area contributed by atoms with E-state index in [-0.39, 0.29) is 14.9 Å². The van der Waals surface area contributed by atoms with E-state index in [1.807, 2.05) is 12.1 Å². The molecule has 12 heavy (non-hydrogen) atoms. The summed E-state index contributed by atoms with van der Waals surface area (Å²) < 4.78 is 0. The summed E-state index contributed by atoms with van der Waals surface area (Å²) >= 11 is -1.69. The molecular formula is C8H15Cl2HfSi-3. The fourth-order valence-electron chi connectivity index (χ4n) is 0.470. The fraction of sp³-hybridized carbons (Fsp3) is 0.125. The average molecular weight is 389 g/mol. The van der Waals surface area contributed by atoms with E-state index < -0.39 is 17.7 Å². The number of halogens is 2. The fourth-order valence-corrected chi connectivity index (χ4v) is 0.470. The minimum atomic E-state index is -1.69. The van der Waals surface area contributed by atoms with E-state index in [0.29, 0.717) is 0 Å². The van der Waals surface area contributed by atoms with Crippen LogP contribution in [0.1, 0.15) is 5.56 Å². The molecule has 0 bridgehead atoms. The third kappa shape index (κ3) is 17.2. The molecule has 0 radical (unpaired) electrons. The normalized spacial score (nSPS) is 6.58. The predicted octanol–water partition coefficient (Wildman–Crippen LogP) is 3.07. The molecule has 0 saturated carbocycles. The van der Waals surface area contributed by atoms with Gasteiger partial charge in [-0.25, -0.2) is 11.6 Å². The standard InChI is InChI=1S/C6H7.2CH3.2ClH.Hf.H2Si/c1-6-4-2-3-5-6;;;;;;/h2-5H,1H3;2*1H3;2*1H;;1H2/q3*-1;;;+2;/p-2. The van der Waals surface area contributed by atoms with Gasteiger partial charge in [0.05, 0.1) is 0 Å². The van der Waals surface area contributed by atoms with Crippen LogP contribution in [0.3, 0.4) is 0 Å². The van der Waals surface area contributed by atoms with Gasteiger partial charge in [-0.2, -0.15) is 18.2 Å². The Hall–Kier alpha value is 1.02. The molecule has 0 amide bonds. The van der Waals surface area contributed by atoms with Gasteiger partial charge in [0.15, 0.2) is 0 Å². The summed E-state index contributed by atoms with van der Waals surface area (Å²) in [6.07, 6.45) is 0. The average Bonchev–Trinajstić information content (AvgIpc) is 2.15. The molecular weight excluding hydrogens is 374 g/mol. The summed E-state index contributed by atoms with van der Waals surface area (Å²) in [4.78, 5) is 0. The number of hydrogen-bond acceptors (Lipinski definition) is 0. The number of aryl methyl sites for hydroxylation is 1. The predicted molar refractivity (Wildman–Crippen MR) is 59.9 cm³/mol. The van der Waals surface area contributed by atoms with Gasteiger partial charge in [-0.1, -0.05) is 6.92 Å². The van der Waals surface area contributed by atoms with Crippen molar-refractivity contribution in [2.75, 3.05) is 0 Å². The molecule has 0 unspecified atom stereocenters. The van der Waals surface area contributed by atoms with E-state index in [1.54, 1.807) is 6.94 Å². The second kappa shape index (κ2) is 12.0. The molecule has 1 rings (SSSR count). The SMILES string of the molecule is Cc1cc[cH-]c1.[CH3-].[CH3-].[SiH2]=[Hf]([Cl])[Cl]. The summed E-state index contributed by atoms with van der Waals surface area (Å²) in [6, 6.07) is 8.24. The first kappa shape index (κ1) is 18.7. The van der Waals surface area contributed by atoms with Crippen molar-refractivity contribution in [3.63, 3.8) is 0 Å². The van der Waals surface area contributed by atoms with Gasteiger partial charge in [0.1, 0.15) is 0 Å². The molecule has 0 aliphatic heterocycles. The molecule has 0 aromatic heterocycles. The van der Waals surface area contributed by atoms with Crippen LogP contribution in [-0.2, 0) is 17.7 Å². The van der Waals surface area contributed by atoms with E-state index in [1.165, 1.54) is 5.56 Å². The van der Waals surface area contributed by atoms with Crippen LogP contribution >= 0.6 is 17.2 Å². The van der Waals surface area contributed by atoms with Crippen molar-refractivity contribution in [1.29, 1.82) is 0 Å². The van der Waals surface area contributed by atoms with Crippen molar-refractivity contribution < 1.29 is 17.7 Å². The summed E-state index contributed by atoms with van der Waals surface area (Å²) in [7, 11) is 10.5. The molecule has 0 atom stereocenters. The first-order valence-corrected chi connectivity index (χ1v) is 20.0. The molecule has 72 valence electrons. The molecule has 0 spiro atoms. The molecule has 0 heterocycles. The van der Waals surface area contributed by atoms with Crippen LogP contribution in [0.25, 0.3) is 0 Å². The first-order valence-electron chi connectivity index (χ1n) is 2.81. The van der Waals surface area contributed by atoms with Gasteiger partial charge in [-0.15, -0.1) is 0 Å². The Morgan fingerprint density at radius 3 is 1.92 bits per heavy atom. The molecule has 0 nitrogen and oxygen atoms in total. The molecule has 4 heteroatoms. The van der Waals surface area contributed by atoms with Crippen molar-refractivity contribution in [3.8, 4) is 0 Å². The quantitative estimate of drug-likeness (QED) is 0.473. The zero-order chi connectivity index (χ0) is 7.98. The third-order valence-corrected chi connectivity index (χ3v) is 0.829.